The molecule has 0 unspecified atom stereocenters. The molecular weight excluding hydrogens is 251 g/mol. The maximum absolute atomic E-state index is 12.3. The Bertz CT molecular complexity index is 530. The first kappa shape index (κ1) is 13.5. The monoisotopic (exact) mass is 262 g/mol. The van der Waals surface area contributed by atoms with E-state index in [9.17, 15) is 22.9 Å². The first-order valence-corrected chi connectivity index (χ1v) is 6.49. The number of nitro benzene ring substituents is 1. The molecular formula is C9H11FN2O4S. The normalized spacial score (nSPS) is 11.4. The van der Waals surface area contributed by atoms with E-state index in [-0.39, 0.29) is 23.4 Å². The molecule has 0 aromatic heterocycles. The zero-order valence-corrected chi connectivity index (χ0v) is 9.83. The molecule has 0 fully saturated rings. The number of halogens is 1. The van der Waals surface area contributed by atoms with E-state index in [4.69, 9.17) is 0 Å². The number of benzene rings is 1. The summed E-state index contributed by atoms with van der Waals surface area (Å²) in [5.74, 6) is 0. The highest BCUT2D eigenvalue weighted by atomic mass is 32.2. The van der Waals surface area contributed by atoms with Gasteiger partial charge >= 0.3 is 0 Å². The molecule has 0 bridgehead atoms. The molecule has 0 saturated heterocycles. The molecule has 0 aliphatic heterocycles. The Balaban J connectivity index is 3.03. The SMILES string of the molecule is CS(=O)(=O)NCc1ccc(CF)cc1[N+](=O)[O-]. The van der Waals surface area contributed by atoms with Crippen LogP contribution in [0, 0.1) is 10.1 Å². The van der Waals surface area contributed by atoms with Crippen molar-refractivity contribution in [1.82, 2.24) is 4.72 Å². The molecule has 6 nitrogen and oxygen atoms in total. The maximum atomic E-state index is 12.3. The molecule has 1 aromatic carbocycles. The number of nitrogens with one attached hydrogen (secondary N) is 1. The van der Waals surface area contributed by atoms with Crippen LogP contribution in [-0.4, -0.2) is 19.6 Å². The predicted octanol–water partition coefficient (Wildman–Crippen LogP) is 1.11. The van der Waals surface area contributed by atoms with Gasteiger partial charge in [-0.3, -0.25) is 10.1 Å². The van der Waals surface area contributed by atoms with Crippen molar-refractivity contribution in [3.63, 3.8) is 0 Å². The van der Waals surface area contributed by atoms with Crippen LogP contribution in [0.3, 0.4) is 0 Å². The predicted molar refractivity (Wildman–Crippen MR) is 59.6 cm³/mol. The minimum absolute atomic E-state index is 0.180. The van der Waals surface area contributed by atoms with Gasteiger partial charge in [0.15, 0.2) is 0 Å². The molecule has 1 rings (SSSR count). The van der Waals surface area contributed by atoms with Crippen LogP contribution in [0.5, 0.6) is 0 Å². The smallest absolute Gasteiger partial charge is 0.258 e. The van der Waals surface area contributed by atoms with Gasteiger partial charge in [0.25, 0.3) is 5.69 Å². The number of nitro groups is 1. The van der Waals surface area contributed by atoms with Crippen molar-refractivity contribution in [2.24, 2.45) is 0 Å². The van der Waals surface area contributed by atoms with E-state index in [0.29, 0.717) is 0 Å². The van der Waals surface area contributed by atoms with Gasteiger partial charge in [-0.1, -0.05) is 12.1 Å². The average Bonchev–Trinajstić information content (AvgIpc) is 2.25. The Labute approximate surface area is 97.7 Å². The van der Waals surface area contributed by atoms with Crippen LogP contribution in [0.4, 0.5) is 10.1 Å². The second-order valence-electron chi connectivity index (χ2n) is 3.45. The zero-order chi connectivity index (χ0) is 13.1. The van der Waals surface area contributed by atoms with Crippen molar-refractivity contribution in [3.05, 3.63) is 39.4 Å². The fourth-order valence-electron chi connectivity index (χ4n) is 1.22. The highest BCUT2D eigenvalue weighted by Gasteiger charge is 2.15. The molecule has 0 amide bonds. The third-order valence-electron chi connectivity index (χ3n) is 2.03. The minimum Gasteiger partial charge on any atom is -0.258 e. The van der Waals surface area contributed by atoms with Crippen molar-refractivity contribution in [3.8, 4) is 0 Å². The summed E-state index contributed by atoms with van der Waals surface area (Å²) in [6.07, 6.45) is 0.953. The van der Waals surface area contributed by atoms with Gasteiger partial charge in [-0.05, 0) is 5.56 Å². The van der Waals surface area contributed by atoms with E-state index in [1.165, 1.54) is 12.1 Å². The standard InChI is InChI=1S/C9H11FN2O4S/c1-17(15,16)11-6-8-3-2-7(5-10)4-9(8)12(13)14/h2-4,11H,5-6H2,1H3. The van der Waals surface area contributed by atoms with Gasteiger partial charge in [-0.25, -0.2) is 17.5 Å². The second-order valence-corrected chi connectivity index (χ2v) is 5.28. The van der Waals surface area contributed by atoms with Gasteiger partial charge < -0.3 is 0 Å². The zero-order valence-electron chi connectivity index (χ0n) is 9.01. The molecule has 0 heterocycles. The lowest BCUT2D eigenvalue weighted by Crippen LogP contribution is -2.21. The Morgan fingerprint density at radius 2 is 2.12 bits per heavy atom. The summed E-state index contributed by atoms with van der Waals surface area (Å²) in [7, 11) is -3.43. The summed E-state index contributed by atoms with van der Waals surface area (Å²) in [5.41, 5.74) is 0.0775. The summed E-state index contributed by atoms with van der Waals surface area (Å²) >= 11 is 0. The van der Waals surface area contributed by atoms with Gasteiger partial charge in [0.05, 0.1) is 11.2 Å². The van der Waals surface area contributed by atoms with E-state index in [1.807, 2.05) is 0 Å². The summed E-state index contributed by atoms with van der Waals surface area (Å²) in [5, 5.41) is 10.7. The lowest BCUT2D eigenvalue weighted by Gasteiger charge is -2.05. The lowest BCUT2D eigenvalue weighted by atomic mass is 10.1. The second kappa shape index (κ2) is 5.19. The molecule has 0 saturated carbocycles. The van der Waals surface area contributed by atoms with Crippen molar-refractivity contribution >= 4 is 15.7 Å². The minimum atomic E-state index is -3.43. The Kier molecular flexibility index (Phi) is 4.13. The Hall–Kier alpha value is -1.54. The quantitative estimate of drug-likeness (QED) is 0.636. The van der Waals surface area contributed by atoms with Crippen molar-refractivity contribution in [2.45, 2.75) is 13.2 Å². The molecule has 1 aromatic rings. The third-order valence-corrected chi connectivity index (χ3v) is 2.69. The number of hydrogen-bond acceptors (Lipinski definition) is 4. The summed E-state index contributed by atoms with van der Waals surface area (Å²) in [6, 6.07) is 3.82. The van der Waals surface area contributed by atoms with Crippen LogP contribution in [0.25, 0.3) is 0 Å². The topological polar surface area (TPSA) is 89.3 Å². The molecule has 94 valence electrons. The van der Waals surface area contributed by atoms with Crippen molar-refractivity contribution in [1.29, 1.82) is 0 Å². The van der Waals surface area contributed by atoms with Gasteiger partial charge in [-0.2, -0.15) is 0 Å². The maximum Gasteiger partial charge on any atom is 0.274 e. The first-order valence-electron chi connectivity index (χ1n) is 4.60. The molecule has 0 atom stereocenters. The highest BCUT2D eigenvalue weighted by molar-refractivity contribution is 7.88. The first-order chi connectivity index (χ1) is 7.83. The Morgan fingerprint density at radius 1 is 1.47 bits per heavy atom. The van der Waals surface area contributed by atoms with Gasteiger partial charge in [0.2, 0.25) is 10.0 Å². The molecule has 0 spiro atoms. The van der Waals surface area contributed by atoms with E-state index in [2.05, 4.69) is 4.72 Å². The van der Waals surface area contributed by atoms with Crippen LogP contribution >= 0.6 is 0 Å². The number of alkyl halides is 1. The van der Waals surface area contributed by atoms with E-state index >= 15 is 0 Å². The molecule has 0 radical (unpaired) electrons. The molecule has 8 heteroatoms. The van der Waals surface area contributed by atoms with Crippen LogP contribution in [0.2, 0.25) is 0 Å². The number of nitrogens with zero attached hydrogens (tertiary/aromatic N) is 1. The summed E-state index contributed by atoms with van der Waals surface area (Å²) in [4.78, 5) is 10.1. The number of hydrogen-bond donors (Lipinski definition) is 1. The summed E-state index contributed by atoms with van der Waals surface area (Å²) < 4.78 is 36.2. The van der Waals surface area contributed by atoms with Crippen molar-refractivity contribution < 1.29 is 17.7 Å². The van der Waals surface area contributed by atoms with E-state index in [1.54, 1.807) is 0 Å². The lowest BCUT2D eigenvalue weighted by molar-refractivity contribution is -0.385. The van der Waals surface area contributed by atoms with Gasteiger partial charge in [0.1, 0.15) is 6.67 Å². The molecule has 0 aliphatic rings. The highest BCUT2D eigenvalue weighted by Crippen LogP contribution is 2.21. The number of sulfonamides is 1. The summed E-state index contributed by atoms with van der Waals surface area (Å²) in [6.45, 7) is -0.998. The molecule has 1 N–H and O–H groups in total. The van der Waals surface area contributed by atoms with Crippen LogP contribution < -0.4 is 4.72 Å². The average molecular weight is 262 g/mol. The fraction of sp³-hybridized carbons (Fsp3) is 0.333. The van der Waals surface area contributed by atoms with Gasteiger partial charge in [0, 0.05) is 18.2 Å². The van der Waals surface area contributed by atoms with Gasteiger partial charge in [-0.15, -0.1) is 0 Å². The number of rotatable bonds is 5. The largest absolute Gasteiger partial charge is 0.274 e. The van der Waals surface area contributed by atoms with Crippen LogP contribution in [-0.2, 0) is 23.2 Å². The Morgan fingerprint density at radius 3 is 2.59 bits per heavy atom. The molecule has 17 heavy (non-hydrogen) atoms. The van der Waals surface area contributed by atoms with E-state index < -0.39 is 21.6 Å². The van der Waals surface area contributed by atoms with Crippen LogP contribution in [0.15, 0.2) is 18.2 Å². The third kappa shape index (κ3) is 4.08. The van der Waals surface area contributed by atoms with Crippen molar-refractivity contribution in [2.75, 3.05) is 6.26 Å². The van der Waals surface area contributed by atoms with E-state index in [0.717, 1.165) is 12.3 Å². The molecule has 0 aliphatic carbocycles. The fourth-order valence-corrected chi connectivity index (χ4v) is 1.64. The van der Waals surface area contributed by atoms with Crippen LogP contribution in [0.1, 0.15) is 11.1 Å².